The number of nitrogens with zero attached hydrogens (tertiary/aromatic N) is 1. The molecule has 0 atom stereocenters. The minimum Gasteiger partial charge on any atom is -0.478 e. The highest BCUT2D eigenvalue weighted by Crippen LogP contribution is 2.21. The summed E-state index contributed by atoms with van der Waals surface area (Å²) >= 11 is 0. The Morgan fingerprint density at radius 2 is 2.00 bits per heavy atom. The third kappa shape index (κ3) is 3.10. The molecule has 0 aliphatic carbocycles. The predicted molar refractivity (Wildman–Crippen MR) is 76.3 cm³/mol. The van der Waals surface area contributed by atoms with Crippen LogP contribution < -0.4 is 5.32 Å². The molecular formula is C15H16N2O4. The number of nitrogens with one attached hydrogen (secondary N) is 1. The molecule has 3 amide bonds. The number of hydrogen-bond donors (Lipinski definition) is 2. The van der Waals surface area contributed by atoms with Crippen molar-refractivity contribution in [3.05, 3.63) is 41.5 Å². The summed E-state index contributed by atoms with van der Waals surface area (Å²) in [4.78, 5) is 35.7. The van der Waals surface area contributed by atoms with E-state index in [0.29, 0.717) is 11.1 Å². The lowest BCUT2D eigenvalue weighted by atomic mass is 10.0. The summed E-state index contributed by atoms with van der Waals surface area (Å²) in [6.45, 7) is 3.39. The lowest BCUT2D eigenvalue weighted by molar-refractivity contribution is -0.131. The maximum atomic E-state index is 12.1. The van der Waals surface area contributed by atoms with E-state index in [-0.39, 0.29) is 12.5 Å². The van der Waals surface area contributed by atoms with Crippen molar-refractivity contribution >= 4 is 24.0 Å². The Morgan fingerprint density at radius 1 is 1.33 bits per heavy atom. The highest BCUT2D eigenvalue weighted by atomic mass is 16.4. The molecule has 21 heavy (non-hydrogen) atoms. The fraction of sp³-hybridized carbons (Fsp3) is 0.267. The number of hydrogen-bond acceptors (Lipinski definition) is 3. The topological polar surface area (TPSA) is 86.7 Å². The van der Waals surface area contributed by atoms with Gasteiger partial charge >= 0.3 is 12.0 Å². The molecule has 6 heteroatoms. The Hall–Kier alpha value is -2.63. The van der Waals surface area contributed by atoms with Crippen LogP contribution in [0.15, 0.2) is 30.3 Å². The minimum atomic E-state index is -1.05. The van der Waals surface area contributed by atoms with Crippen molar-refractivity contribution in [2.45, 2.75) is 25.9 Å². The van der Waals surface area contributed by atoms with Crippen LogP contribution in [0.5, 0.6) is 0 Å². The molecule has 1 aliphatic heterocycles. The van der Waals surface area contributed by atoms with Crippen molar-refractivity contribution in [2.24, 2.45) is 0 Å². The SMILES string of the molecule is CC1(C)NC(=O)N(Cc2ccccc2C=CC(=O)O)C1=O. The Labute approximate surface area is 122 Å². The second kappa shape index (κ2) is 5.40. The summed E-state index contributed by atoms with van der Waals surface area (Å²) in [5.41, 5.74) is 0.449. The van der Waals surface area contributed by atoms with Crippen LogP contribution in [-0.2, 0) is 16.1 Å². The first-order valence-electron chi connectivity index (χ1n) is 6.44. The minimum absolute atomic E-state index is 0.105. The number of imide groups is 1. The molecule has 2 rings (SSSR count). The quantitative estimate of drug-likeness (QED) is 0.651. The molecule has 1 aromatic rings. The summed E-state index contributed by atoms with van der Waals surface area (Å²) in [6, 6.07) is 6.59. The van der Waals surface area contributed by atoms with Gasteiger partial charge in [-0.2, -0.15) is 0 Å². The van der Waals surface area contributed by atoms with Crippen molar-refractivity contribution in [3.8, 4) is 0 Å². The number of aliphatic carboxylic acids is 1. The van der Waals surface area contributed by atoms with Gasteiger partial charge in [-0.05, 0) is 31.1 Å². The Bertz CT molecular complexity index is 634. The van der Waals surface area contributed by atoms with Gasteiger partial charge in [-0.3, -0.25) is 9.69 Å². The van der Waals surface area contributed by atoms with Crippen LogP contribution in [0.2, 0.25) is 0 Å². The highest BCUT2D eigenvalue weighted by Gasteiger charge is 2.44. The second-order valence-electron chi connectivity index (χ2n) is 5.32. The van der Waals surface area contributed by atoms with Crippen LogP contribution in [0.4, 0.5) is 4.79 Å². The molecule has 1 fully saturated rings. The molecule has 0 aromatic heterocycles. The molecule has 1 heterocycles. The molecule has 0 radical (unpaired) electrons. The summed E-state index contributed by atoms with van der Waals surface area (Å²) in [6.07, 6.45) is 2.47. The van der Waals surface area contributed by atoms with Crippen molar-refractivity contribution in [1.29, 1.82) is 0 Å². The van der Waals surface area contributed by atoms with Gasteiger partial charge in [-0.1, -0.05) is 24.3 Å². The lowest BCUT2D eigenvalue weighted by Gasteiger charge is -2.17. The second-order valence-corrected chi connectivity index (χ2v) is 5.32. The summed E-state index contributed by atoms with van der Waals surface area (Å²) in [5.74, 6) is -1.36. The first-order valence-corrected chi connectivity index (χ1v) is 6.44. The molecule has 0 saturated carbocycles. The van der Waals surface area contributed by atoms with Gasteiger partial charge in [-0.25, -0.2) is 9.59 Å². The molecule has 0 bridgehead atoms. The van der Waals surface area contributed by atoms with E-state index in [1.165, 1.54) is 6.08 Å². The van der Waals surface area contributed by atoms with Gasteiger partial charge in [0, 0.05) is 6.08 Å². The maximum Gasteiger partial charge on any atom is 0.328 e. The van der Waals surface area contributed by atoms with Crippen LogP contribution in [-0.4, -0.2) is 33.5 Å². The standard InChI is InChI=1S/C15H16N2O4/c1-15(2)13(20)17(14(21)16-15)9-11-6-4-3-5-10(11)7-8-12(18)19/h3-8H,9H2,1-2H3,(H,16,21)(H,18,19). The monoisotopic (exact) mass is 288 g/mol. The van der Waals surface area contributed by atoms with Crippen LogP contribution in [0.25, 0.3) is 6.08 Å². The number of carbonyl (C=O) groups excluding carboxylic acids is 2. The van der Waals surface area contributed by atoms with Crippen LogP contribution in [0, 0.1) is 0 Å². The third-order valence-corrected chi connectivity index (χ3v) is 3.23. The zero-order valence-electron chi connectivity index (χ0n) is 11.8. The van der Waals surface area contributed by atoms with Gasteiger partial charge in [0.2, 0.25) is 0 Å². The first-order chi connectivity index (χ1) is 9.81. The number of amides is 3. The summed E-state index contributed by atoms with van der Waals surface area (Å²) in [5, 5.41) is 11.3. The van der Waals surface area contributed by atoms with Crippen molar-refractivity contribution in [3.63, 3.8) is 0 Å². The number of carbonyl (C=O) groups is 3. The zero-order valence-corrected chi connectivity index (χ0v) is 11.8. The van der Waals surface area contributed by atoms with Gasteiger partial charge < -0.3 is 10.4 Å². The van der Waals surface area contributed by atoms with Crippen LogP contribution in [0.3, 0.4) is 0 Å². The van der Waals surface area contributed by atoms with Gasteiger partial charge in [-0.15, -0.1) is 0 Å². The molecule has 1 saturated heterocycles. The number of carboxylic acids is 1. The fourth-order valence-electron chi connectivity index (χ4n) is 2.13. The summed E-state index contributed by atoms with van der Waals surface area (Å²) < 4.78 is 0. The van der Waals surface area contributed by atoms with E-state index < -0.39 is 17.5 Å². The molecule has 2 N–H and O–H groups in total. The molecule has 0 spiro atoms. The van der Waals surface area contributed by atoms with E-state index in [1.807, 2.05) is 0 Å². The largest absolute Gasteiger partial charge is 0.478 e. The molecule has 1 aromatic carbocycles. The van der Waals surface area contributed by atoms with Crippen molar-refractivity contribution in [1.82, 2.24) is 10.2 Å². The van der Waals surface area contributed by atoms with E-state index in [1.54, 1.807) is 38.1 Å². The van der Waals surface area contributed by atoms with Crippen molar-refractivity contribution < 1.29 is 19.5 Å². The van der Waals surface area contributed by atoms with Crippen molar-refractivity contribution in [2.75, 3.05) is 0 Å². The molecule has 0 unspecified atom stereocenters. The van der Waals surface area contributed by atoms with Gasteiger partial charge in [0.25, 0.3) is 5.91 Å². The Morgan fingerprint density at radius 3 is 2.57 bits per heavy atom. The molecular weight excluding hydrogens is 272 g/mol. The predicted octanol–water partition coefficient (Wildman–Crippen LogP) is 1.61. The Balaban J connectivity index is 2.26. The summed E-state index contributed by atoms with van der Waals surface area (Å²) in [7, 11) is 0. The van der Waals surface area contributed by atoms with E-state index in [9.17, 15) is 14.4 Å². The van der Waals surface area contributed by atoms with E-state index in [4.69, 9.17) is 5.11 Å². The highest BCUT2D eigenvalue weighted by molar-refractivity contribution is 6.06. The number of carboxylic acid groups (broad SMARTS) is 1. The van der Waals surface area contributed by atoms with Crippen LogP contribution >= 0.6 is 0 Å². The van der Waals surface area contributed by atoms with E-state index in [0.717, 1.165) is 11.0 Å². The average Bonchev–Trinajstić information content (AvgIpc) is 2.60. The first kappa shape index (κ1) is 14.8. The number of urea groups is 1. The fourth-order valence-corrected chi connectivity index (χ4v) is 2.13. The Kier molecular flexibility index (Phi) is 3.80. The van der Waals surface area contributed by atoms with Gasteiger partial charge in [0.1, 0.15) is 5.54 Å². The number of rotatable bonds is 4. The van der Waals surface area contributed by atoms with Crippen LogP contribution in [0.1, 0.15) is 25.0 Å². The maximum absolute atomic E-state index is 12.1. The number of benzene rings is 1. The smallest absolute Gasteiger partial charge is 0.328 e. The van der Waals surface area contributed by atoms with E-state index in [2.05, 4.69) is 5.32 Å². The van der Waals surface area contributed by atoms with Gasteiger partial charge in [0.15, 0.2) is 0 Å². The zero-order chi connectivity index (χ0) is 15.6. The normalized spacial score (nSPS) is 17.3. The lowest BCUT2D eigenvalue weighted by Crippen LogP contribution is -2.40. The van der Waals surface area contributed by atoms with Gasteiger partial charge in [0.05, 0.1) is 6.54 Å². The molecule has 1 aliphatic rings. The molecule has 110 valence electrons. The molecule has 6 nitrogen and oxygen atoms in total. The third-order valence-electron chi connectivity index (χ3n) is 3.23. The average molecular weight is 288 g/mol. The van der Waals surface area contributed by atoms with E-state index >= 15 is 0 Å².